The molecule has 0 aliphatic carbocycles. The van der Waals surface area contributed by atoms with Crippen molar-refractivity contribution < 1.29 is 14.7 Å². The van der Waals surface area contributed by atoms with E-state index < -0.39 is 5.97 Å². The van der Waals surface area contributed by atoms with Gasteiger partial charge in [0.2, 0.25) is 5.91 Å². The Kier molecular flexibility index (Phi) is 5.93. The highest BCUT2D eigenvalue weighted by molar-refractivity contribution is 5.77. The van der Waals surface area contributed by atoms with Crippen LogP contribution in [-0.2, 0) is 9.59 Å². The number of aromatic nitrogens is 2. The largest absolute Gasteiger partial charge is 0.481 e. The van der Waals surface area contributed by atoms with E-state index in [1.54, 1.807) is 4.90 Å². The van der Waals surface area contributed by atoms with E-state index in [1.807, 2.05) is 45.4 Å². The monoisotopic (exact) mass is 295 g/mol. The van der Waals surface area contributed by atoms with Gasteiger partial charge in [-0.25, -0.2) is 0 Å². The number of carbonyl (C=O) groups is 2. The molecule has 1 aromatic heterocycles. The fourth-order valence-electron chi connectivity index (χ4n) is 2.44. The highest BCUT2D eigenvalue weighted by Gasteiger charge is 2.21. The molecule has 21 heavy (non-hydrogen) atoms. The highest BCUT2D eigenvalue weighted by Crippen LogP contribution is 2.16. The number of rotatable bonds is 7. The van der Waals surface area contributed by atoms with Crippen LogP contribution in [0.4, 0.5) is 0 Å². The van der Waals surface area contributed by atoms with Gasteiger partial charge in [0.15, 0.2) is 0 Å². The number of nitrogens with zero attached hydrogens (tertiary/aromatic N) is 3. The summed E-state index contributed by atoms with van der Waals surface area (Å²) in [5.74, 6) is -0.925. The summed E-state index contributed by atoms with van der Waals surface area (Å²) < 4.78 is 1.85. The molecule has 6 heteroatoms. The van der Waals surface area contributed by atoms with Crippen molar-refractivity contribution in [3.8, 4) is 0 Å². The number of aliphatic carboxylic acids is 1. The molecule has 0 spiro atoms. The maximum atomic E-state index is 12.4. The van der Waals surface area contributed by atoms with Crippen molar-refractivity contribution in [2.24, 2.45) is 0 Å². The molecule has 1 amide bonds. The van der Waals surface area contributed by atoms with Gasteiger partial charge in [-0.1, -0.05) is 0 Å². The molecule has 0 saturated carbocycles. The molecule has 0 aliphatic rings. The van der Waals surface area contributed by atoms with Crippen LogP contribution in [-0.4, -0.2) is 44.3 Å². The molecule has 1 aromatic rings. The minimum absolute atomic E-state index is 0.00972. The Hall–Kier alpha value is -1.85. The topological polar surface area (TPSA) is 75.4 Å². The van der Waals surface area contributed by atoms with E-state index in [2.05, 4.69) is 5.10 Å². The lowest BCUT2D eigenvalue weighted by molar-refractivity contribution is -0.139. The van der Waals surface area contributed by atoms with Crippen molar-refractivity contribution in [2.45, 2.75) is 59.5 Å². The van der Waals surface area contributed by atoms with E-state index in [0.29, 0.717) is 6.42 Å². The van der Waals surface area contributed by atoms with E-state index in [9.17, 15) is 9.59 Å². The first-order valence-corrected chi connectivity index (χ1v) is 7.26. The summed E-state index contributed by atoms with van der Waals surface area (Å²) in [4.78, 5) is 24.7. The SMILES string of the molecule is Cc1cc(C)n(C(C)CC(=O)N(CCC(=O)O)C(C)C)n1. The molecule has 0 aliphatic heterocycles. The van der Waals surface area contributed by atoms with E-state index in [4.69, 9.17) is 5.11 Å². The first-order chi connectivity index (χ1) is 9.72. The van der Waals surface area contributed by atoms with Gasteiger partial charge in [-0.15, -0.1) is 0 Å². The van der Waals surface area contributed by atoms with Crippen LogP contribution in [0.2, 0.25) is 0 Å². The molecule has 1 unspecified atom stereocenters. The fourth-order valence-corrected chi connectivity index (χ4v) is 2.44. The molecule has 1 N–H and O–H groups in total. The molecule has 118 valence electrons. The standard InChI is InChI=1S/C15H25N3O3/c1-10(2)17(7-6-15(20)21)14(19)9-13(5)18-12(4)8-11(3)16-18/h8,10,13H,6-7,9H2,1-5H3,(H,20,21). The smallest absolute Gasteiger partial charge is 0.305 e. The van der Waals surface area contributed by atoms with Crippen LogP contribution in [0, 0.1) is 13.8 Å². The van der Waals surface area contributed by atoms with Gasteiger partial charge in [-0.05, 0) is 40.7 Å². The zero-order valence-corrected chi connectivity index (χ0v) is 13.5. The lowest BCUT2D eigenvalue weighted by atomic mass is 10.1. The molecule has 0 bridgehead atoms. The predicted molar refractivity (Wildman–Crippen MR) is 80.1 cm³/mol. The van der Waals surface area contributed by atoms with Gasteiger partial charge in [0.05, 0.1) is 18.2 Å². The number of carbonyl (C=O) groups excluding carboxylic acids is 1. The summed E-state index contributed by atoms with van der Waals surface area (Å²) in [6.45, 7) is 9.88. The second-order valence-corrected chi connectivity index (χ2v) is 5.75. The average molecular weight is 295 g/mol. The molecule has 1 rings (SSSR count). The van der Waals surface area contributed by atoms with Gasteiger partial charge < -0.3 is 10.0 Å². The summed E-state index contributed by atoms with van der Waals surface area (Å²) in [5, 5.41) is 13.2. The van der Waals surface area contributed by atoms with Crippen LogP contribution < -0.4 is 0 Å². The highest BCUT2D eigenvalue weighted by atomic mass is 16.4. The zero-order valence-electron chi connectivity index (χ0n) is 13.5. The summed E-state index contributed by atoms with van der Waals surface area (Å²) in [6.07, 6.45) is 0.290. The summed E-state index contributed by atoms with van der Waals surface area (Å²) in [7, 11) is 0. The number of carboxylic acids is 1. The summed E-state index contributed by atoms with van der Waals surface area (Å²) in [5.41, 5.74) is 1.95. The minimum atomic E-state index is -0.889. The van der Waals surface area contributed by atoms with Gasteiger partial charge in [0, 0.05) is 24.7 Å². The zero-order chi connectivity index (χ0) is 16.2. The van der Waals surface area contributed by atoms with Crippen molar-refractivity contribution in [3.63, 3.8) is 0 Å². The lowest BCUT2D eigenvalue weighted by Crippen LogP contribution is -2.39. The van der Waals surface area contributed by atoms with Crippen LogP contribution in [0.5, 0.6) is 0 Å². The number of carboxylic acid groups (broad SMARTS) is 1. The molecular formula is C15H25N3O3. The third-order valence-corrected chi connectivity index (χ3v) is 3.44. The van der Waals surface area contributed by atoms with Crippen LogP contribution >= 0.6 is 0 Å². The van der Waals surface area contributed by atoms with Gasteiger partial charge in [0.1, 0.15) is 0 Å². The van der Waals surface area contributed by atoms with Crippen LogP contribution in [0.15, 0.2) is 6.07 Å². The second kappa shape index (κ2) is 7.24. The van der Waals surface area contributed by atoms with Crippen LogP contribution in [0.25, 0.3) is 0 Å². The quantitative estimate of drug-likeness (QED) is 0.836. The Morgan fingerprint density at radius 3 is 2.38 bits per heavy atom. The predicted octanol–water partition coefficient (Wildman–Crippen LogP) is 2.16. The Morgan fingerprint density at radius 2 is 1.95 bits per heavy atom. The normalized spacial score (nSPS) is 12.5. The first-order valence-electron chi connectivity index (χ1n) is 7.26. The molecule has 0 saturated heterocycles. The molecular weight excluding hydrogens is 270 g/mol. The lowest BCUT2D eigenvalue weighted by Gasteiger charge is -2.27. The third kappa shape index (κ3) is 4.88. The number of amides is 1. The maximum Gasteiger partial charge on any atom is 0.305 e. The minimum Gasteiger partial charge on any atom is -0.481 e. The van der Waals surface area contributed by atoms with Gasteiger partial charge >= 0.3 is 5.97 Å². The molecule has 1 atom stereocenters. The maximum absolute atomic E-state index is 12.4. The first kappa shape index (κ1) is 17.2. The Bertz CT molecular complexity index is 508. The second-order valence-electron chi connectivity index (χ2n) is 5.75. The Balaban J connectivity index is 2.72. The van der Waals surface area contributed by atoms with E-state index in [-0.39, 0.29) is 31.0 Å². The average Bonchev–Trinajstić information content (AvgIpc) is 2.67. The third-order valence-electron chi connectivity index (χ3n) is 3.44. The van der Waals surface area contributed by atoms with Crippen molar-refractivity contribution >= 4 is 11.9 Å². The van der Waals surface area contributed by atoms with E-state index in [1.165, 1.54) is 0 Å². The summed E-state index contributed by atoms with van der Waals surface area (Å²) in [6, 6.07) is 1.92. The van der Waals surface area contributed by atoms with Crippen molar-refractivity contribution in [1.82, 2.24) is 14.7 Å². The molecule has 0 aromatic carbocycles. The summed E-state index contributed by atoms with van der Waals surface area (Å²) >= 11 is 0. The van der Waals surface area contributed by atoms with Gasteiger partial charge in [-0.3, -0.25) is 14.3 Å². The van der Waals surface area contributed by atoms with Gasteiger partial charge in [-0.2, -0.15) is 5.10 Å². The van der Waals surface area contributed by atoms with E-state index >= 15 is 0 Å². The Labute approximate surface area is 125 Å². The number of hydrogen-bond donors (Lipinski definition) is 1. The van der Waals surface area contributed by atoms with Crippen LogP contribution in [0.1, 0.15) is 51.0 Å². The van der Waals surface area contributed by atoms with Crippen LogP contribution in [0.3, 0.4) is 0 Å². The fraction of sp³-hybridized carbons (Fsp3) is 0.667. The van der Waals surface area contributed by atoms with Crippen molar-refractivity contribution in [1.29, 1.82) is 0 Å². The molecule has 0 radical (unpaired) electrons. The molecule has 1 heterocycles. The Morgan fingerprint density at radius 1 is 1.33 bits per heavy atom. The molecule has 6 nitrogen and oxygen atoms in total. The van der Waals surface area contributed by atoms with Crippen molar-refractivity contribution in [2.75, 3.05) is 6.54 Å². The number of hydrogen-bond acceptors (Lipinski definition) is 3. The molecule has 0 fully saturated rings. The van der Waals surface area contributed by atoms with Gasteiger partial charge in [0.25, 0.3) is 0 Å². The van der Waals surface area contributed by atoms with E-state index in [0.717, 1.165) is 11.4 Å². The van der Waals surface area contributed by atoms with Crippen molar-refractivity contribution in [3.05, 3.63) is 17.5 Å². The number of aryl methyl sites for hydroxylation is 2.